The monoisotopic (exact) mass is 150 g/mol. The second kappa shape index (κ2) is 2.83. The quantitative estimate of drug-likeness (QED) is 0.523. The lowest BCUT2D eigenvalue weighted by molar-refractivity contribution is 0.173. The fourth-order valence-corrected chi connectivity index (χ4v) is 2.40. The van der Waals surface area contributed by atoms with Gasteiger partial charge in [-0.15, -0.1) is 0 Å². The van der Waals surface area contributed by atoms with Gasteiger partial charge in [0.25, 0.3) is 0 Å². The van der Waals surface area contributed by atoms with Crippen LogP contribution in [0.5, 0.6) is 0 Å². The lowest BCUT2D eigenvalue weighted by atomic mass is 10.0. The zero-order valence-electron chi connectivity index (χ0n) is 6.79. The van der Waals surface area contributed by atoms with Gasteiger partial charge in [-0.3, -0.25) is 4.90 Å². The van der Waals surface area contributed by atoms with Crippen LogP contribution >= 0.6 is 0 Å². The van der Waals surface area contributed by atoms with E-state index in [1.165, 1.54) is 32.2 Å². The summed E-state index contributed by atoms with van der Waals surface area (Å²) in [5.74, 6) is 0. The Morgan fingerprint density at radius 3 is 2.91 bits per heavy atom. The molecule has 2 atom stereocenters. The van der Waals surface area contributed by atoms with E-state index >= 15 is 0 Å². The third-order valence-corrected chi connectivity index (χ3v) is 3.00. The highest BCUT2D eigenvalue weighted by Gasteiger charge is 2.34. The molecule has 0 bridgehead atoms. The van der Waals surface area contributed by atoms with E-state index in [2.05, 4.69) is 11.0 Å². The maximum Gasteiger partial charge on any atom is 0.0980 e. The summed E-state index contributed by atoms with van der Waals surface area (Å²) < 4.78 is 0. The number of piperidine rings is 1. The molecule has 2 saturated heterocycles. The normalized spacial score (nSPS) is 38.1. The van der Waals surface area contributed by atoms with E-state index < -0.39 is 0 Å². The fraction of sp³-hybridized carbons (Fsp3) is 0.889. The summed E-state index contributed by atoms with van der Waals surface area (Å²) >= 11 is 0. The predicted molar refractivity (Wildman–Crippen MR) is 43.0 cm³/mol. The summed E-state index contributed by atoms with van der Waals surface area (Å²) in [6.07, 6.45) is 6.38. The van der Waals surface area contributed by atoms with Crippen molar-refractivity contribution in [1.82, 2.24) is 4.90 Å². The molecule has 2 heterocycles. The van der Waals surface area contributed by atoms with Gasteiger partial charge in [-0.1, -0.05) is 6.42 Å². The number of nitriles is 1. The Balaban J connectivity index is 2.05. The molecule has 0 radical (unpaired) electrons. The highest BCUT2D eigenvalue weighted by molar-refractivity contribution is 5.01. The van der Waals surface area contributed by atoms with Crippen molar-refractivity contribution in [3.63, 3.8) is 0 Å². The van der Waals surface area contributed by atoms with Crippen LogP contribution in [0.3, 0.4) is 0 Å². The molecular weight excluding hydrogens is 136 g/mol. The highest BCUT2D eigenvalue weighted by atomic mass is 15.2. The van der Waals surface area contributed by atoms with Crippen molar-refractivity contribution in [3.8, 4) is 6.07 Å². The highest BCUT2D eigenvalue weighted by Crippen LogP contribution is 2.30. The summed E-state index contributed by atoms with van der Waals surface area (Å²) in [5.41, 5.74) is 0. The van der Waals surface area contributed by atoms with E-state index in [1.807, 2.05) is 0 Å². The maximum atomic E-state index is 8.81. The maximum absolute atomic E-state index is 8.81. The van der Waals surface area contributed by atoms with E-state index in [0.717, 1.165) is 12.5 Å². The molecule has 0 aromatic rings. The van der Waals surface area contributed by atoms with Gasteiger partial charge in [0.1, 0.15) is 0 Å². The second-order valence-corrected chi connectivity index (χ2v) is 3.61. The number of fused-ring (bicyclic) bond motifs is 1. The molecule has 0 aromatic heterocycles. The molecule has 0 saturated carbocycles. The summed E-state index contributed by atoms with van der Waals surface area (Å²) in [6, 6.07) is 3.40. The zero-order chi connectivity index (χ0) is 7.68. The molecule has 60 valence electrons. The van der Waals surface area contributed by atoms with E-state index in [0.29, 0.717) is 0 Å². The summed E-state index contributed by atoms with van der Waals surface area (Å²) in [5, 5.41) is 8.81. The van der Waals surface area contributed by atoms with Gasteiger partial charge in [-0.05, 0) is 32.2 Å². The smallest absolute Gasteiger partial charge is 0.0980 e. The summed E-state index contributed by atoms with van der Waals surface area (Å²) in [7, 11) is 0. The Labute approximate surface area is 67.8 Å². The Bertz CT molecular complexity index is 182. The van der Waals surface area contributed by atoms with Crippen molar-refractivity contribution in [2.24, 2.45) is 0 Å². The fourth-order valence-electron chi connectivity index (χ4n) is 2.40. The number of rotatable bonds is 0. The zero-order valence-corrected chi connectivity index (χ0v) is 6.79. The van der Waals surface area contributed by atoms with Gasteiger partial charge < -0.3 is 0 Å². The van der Waals surface area contributed by atoms with Gasteiger partial charge in [-0.25, -0.2) is 0 Å². The van der Waals surface area contributed by atoms with Crippen molar-refractivity contribution in [2.45, 2.75) is 44.2 Å². The van der Waals surface area contributed by atoms with Gasteiger partial charge in [0.05, 0.1) is 12.1 Å². The molecule has 2 rings (SSSR count). The minimum Gasteiger partial charge on any atom is -0.285 e. The van der Waals surface area contributed by atoms with Gasteiger partial charge >= 0.3 is 0 Å². The van der Waals surface area contributed by atoms with Crippen molar-refractivity contribution < 1.29 is 0 Å². The number of hydrogen-bond acceptors (Lipinski definition) is 2. The molecule has 2 aliphatic rings. The molecule has 0 amide bonds. The Morgan fingerprint density at radius 1 is 1.18 bits per heavy atom. The van der Waals surface area contributed by atoms with E-state index in [9.17, 15) is 0 Å². The van der Waals surface area contributed by atoms with E-state index in [1.54, 1.807) is 0 Å². The van der Waals surface area contributed by atoms with Crippen LogP contribution in [0.1, 0.15) is 32.1 Å². The Hall–Kier alpha value is -0.550. The van der Waals surface area contributed by atoms with Crippen molar-refractivity contribution in [1.29, 1.82) is 5.26 Å². The first-order valence-electron chi connectivity index (χ1n) is 4.57. The molecule has 0 aliphatic carbocycles. The van der Waals surface area contributed by atoms with Crippen LogP contribution < -0.4 is 0 Å². The Morgan fingerprint density at radius 2 is 2.09 bits per heavy atom. The summed E-state index contributed by atoms with van der Waals surface area (Å²) in [6.45, 7) is 1.17. The average Bonchev–Trinajstić information content (AvgIpc) is 2.47. The van der Waals surface area contributed by atoms with E-state index in [-0.39, 0.29) is 6.04 Å². The molecule has 0 unspecified atom stereocenters. The van der Waals surface area contributed by atoms with Crippen LogP contribution in [0.15, 0.2) is 0 Å². The van der Waals surface area contributed by atoms with Crippen molar-refractivity contribution in [3.05, 3.63) is 0 Å². The first-order chi connectivity index (χ1) is 5.42. The topological polar surface area (TPSA) is 27.0 Å². The average molecular weight is 150 g/mol. The molecule has 2 aliphatic heterocycles. The molecule has 2 heteroatoms. The van der Waals surface area contributed by atoms with Crippen LogP contribution in [0.2, 0.25) is 0 Å². The standard InChI is InChI=1S/C9H14N2/c10-7-9-5-4-8-3-1-2-6-11(8)9/h8-9H,1-6H2/t8-,9+/m1/s1. The first-order valence-corrected chi connectivity index (χ1v) is 4.57. The molecule has 0 aromatic carbocycles. The molecule has 11 heavy (non-hydrogen) atoms. The minimum atomic E-state index is 0.250. The Kier molecular flexibility index (Phi) is 1.83. The third kappa shape index (κ3) is 1.14. The minimum absolute atomic E-state index is 0.250. The van der Waals surface area contributed by atoms with Gasteiger partial charge in [0.2, 0.25) is 0 Å². The molecule has 2 fully saturated rings. The number of nitrogens with zero attached hydrogens (tertiary/aromatic N) is 2. The molecule has 2 nitrogen and oxygen atoms in total. The van der Waals surface area contributed by atoms with E-state index in [4.69, 9.17) is 5.26 Å². The molecule has 0 spiro atoms. The third-order valence-electron chi connectivity index (χ3n) is 3.00. The predicted octanol–water partition coefficient (Wildman–Crippen LogP) is 1.53. The van der Waals surface area contributed by atoms with Crippen LogP contribution in [0.4, 0.5) is 0 Å². The van der Waals surface area contributed by atoms with Gasteiger partial charge in [0, 0.05) is 6.04 Å². The van der Waals surface area contributed by atoms with Crippen LogP contribution in [-0.2, 0) is 0 Å². The van der Waals surface area contributed by atoms with Gasteiger partial charge in [-0.2, -0.15) is 5.26 Å². The van der Waals surface area contributed by atoms with Gasteiger partial charge in [0.15, 0.2) is 0 Å². The van der Waals surface area contributed by atoms with Crippen LogP contribution in [-0.4, -0.2) is 23.5 Å². The van der Waals surface area contributed by atoms with Crippen molar-refractivity contribution >= 4 is 0 Å². The summed E-state index contributed by atoms with van der Waals surface area (Å²) in [4.78, 5) is 2.41. The van der Waals surface area contributed by atoms with Crippen molar-refractivity contribution in [2.75, 3.05) is 6.54 Å². The number of hydrogen-bond donors (Lipinski definition) is 0. The largest absolute Gasteiger partial charge is 0.285 e. The first kappa shape index (κ1) is 7.12. The lowest BCUT2D eigenvalue weighted by Crippen LogP contribution is -2.38. The molecular formula is C9H14N2. The second-order valence-electron chi connectivity index (χ2n) is 3.61. The molecule has 0 N–H and O–H groups in total. The SMILES string of the molecule is N#C[C@@H]1CC[C@H]2CCCCN21. The van der Waals surface area contributed by atoms with Crippen LogP contribution in [0, 0.1) is 11.3 Å². The lowest BCUT2D eigenvalue weighted by Gasteiger charge is -2.30. The van der Waals surface area contributed by atoms with Crippen LogP contribution in [0.25, 0.3) is 0 Å².